The SMILES string of the molecule is CC(C)N1c2ccccc2N(C(C)C)C1Cl. The summed E-state index contributed by atoms with van der Waals surface area (Å²) in [6, 6.07) is 9.25. The molecule has 0 saturated heterocycles. The molecule has 0 spiro atoms. The average molecular weight is 239 g/mol. The molecule has 2 rings (SSSR count). The van der Waals surface area contributed by atoms with Crippen LogP contribution < -0.4 is 9.80 Å². The van der Waals surface area contributed by atoms with Crippen molar-refractivity contribution in [3.05, 3.63) is 24.3 Å². The van der Waals surface area contributed by atoms with E-state index in [4.69, 9.17) is 11.6 Å². The summed E-state index contributed by atoms with van der Waals surface area (Å²) in [5.41, 5.74) is 2.41. The van der Waals surface area contributed by atoms with Gasteiger partial charge in [-0.15, -0.1) is 0 Å². The zero-order valence-corrected chi connectivity index (χ0v) is 11.1. The first-order valence-corrected chi connectivity index (χ1v) is 6.27. The highest BCUT2D eigenvalue weighted by Crippen LogP contribution is 2.42. The number of nitrogens with zero attached hydrogens (tertiary/aromatic N) is 2. The fraction of sp³-hybridized carbons (Fsp3) is 0.538. The third-order valence-electron chi connectivity index (χ3n) is 3.01. The third kappa shape index (κ3) is 1.65. The third-order valence-corrected chi connectivity index (χ3v) is 3.43. The largest absolute Gasteiger partial charge is 0.334 e. The highest BCUT2D eigenvalue weighted by atomic mass is 35.5. The molecule has 0 saturated carbocycles. The molecule has 1 aromatic carbocycles. The fourth-order valence-corrected chi connectivity index (χ4v) is 2.97. The van der Waals surface area contributed by atoms with Gasteiger partial charge >= 0.3 is 0 Å². The minimum Gasteiger partial charge on any atom is -0.334 e. The van der Waals surface area contributed by atoms with E-state index in [2.05, 4.69) is 61.8 Å². The monoisotopic (exact) mass is 238 g/mol. The van der Waals surface area contributed by atoms with Crippen LogP contribution in [-0.2, 0) is 0 Å². The van der Waals surface area contributed by atoms with Gasteiger partial charge in [0, 0.05) is 12.1 Å². The van der Waals surface area contributed by atoms with E-state index in [0.717, 1.165) is 0 Å². The van der Waals surface area contributed by atoms with Gasteiger partial charge in [0.25, 0.3) is 0 Å². The van der Waals surface area contributed by atoms with Crippen molar-refractivity contribution in [2.24, 2.45) is 0 Å². The van der Waals surface area contributed by atoms with Gasteiger partial charge in [0.05, 0.1) is 11.4 Å². The Bertz CT molecular complexity index is 341. The number of fused-ring (bicyclic) bond motifs is 1. The summed E-state index contributed by atoms with van der Waals surface area (Å²) in [4.78, 5) is 4.52. The molecule has 0 unspecified atom stereocenters. The van der Waals surface area contributed by atoms with Gasteiger partial charge in [-0.3, -0.25) is 0 Å². The molecule has 3 heteroatoms. The normalized spacial score (nSPS) is 16.4. The van der Waals surface area contributed by atoms with Crippen molar-refractivity contribution in [3.63, 3.8) is 0 Å². The lowest BCUT2D eigenvalue weighted by atomic mass is 10.2. The van der Waals surface area contributed by atoms with Gasteiger partial charge in [0.2, 0.25) is 0 Å². The first kappa shape index (κ1) is 11.6. The van der Waals surface area contributed by atoms with Crippen molar-refractivity contribution in [3.8, 4) is 0 Å². The number of para-hydroxylation sites is 2. The molecule has 16 heavy (non-hydrogen) atoms. The van der Waals surface area contributed by atoms with Crippen molar-refractivity contribution in [1.29, 1.82) is 0 Å². The van der Waals surface area contributed by atoms with Crippen molar-refractivity contribution in [1.82, 2.24) is 0 Å². The number of halogens is 1. The van der Waals surface area contributed by atoms with Gasteiger partial charge in [0.1, 0.15) is 0 Å². The van der Waals surface area contributed by atoms with E-state index in [1.807, 2.05) is 0 Å². The zero-order chi connectivity index (χ0) is 11.9. The second-order valence-corrected chi connectivity index (χ2v) is 5.19. The van der Waals surface area contributed by atoms with Crippen LogP contribution in [0.1, 0.15) is 27.7 Å². The second kappa shape index (κ2) is 4.17. The maximum atomic E-state index is 6.55. The summed E-state index contributed by atoms with van der Waals surface area (Å²) in [5, 5.41) is 0. The Kier molecular flexibility index (Phi) is 3.02. The molecule has 0 radical (unpaired) electrons. The molecule has 0 aromatic heterocycles. The second-order valence-electron chi connectivity index (χ2n) is 4.80. The molecular formula is C13H19ClN2. The van der Waals surface area contributed by atoms with E-state index in [1.54, 1.807) is 0 Å². The molecule has 1 aliphatic rings. The lowest BCUT2D eigenvalue weighted by Gasteiger charge is -2.33. The van der Waals surface area contributed by atoms with Crippen LogP contribution in [0.2, 0.25) is 0 Å². The molecule has 2 nitrogen and oxygen atoms in total. The minimum atomic E-state index is -0.0719. The maximum absolute atomic E-state index is 6.55. The van der Waals surface area contributed by atoms with Crippen LogP contribution in [0, 0.1) is 0 Å². The number of hydrogen-bond acceptors (Lipinski definition) is 2. The highest BCUT2D eigenvalue weighted by molar-refractivity contribution is 6.24. The maximum Gasteiger partial charge on any atom is 0.180 e. The van der Waals surface area contributed by atoms with Gasteiger partial charge in [-0.25, -0.2) is 0 Å². The number of hydrogen-bond donors (Lipinski definition) is 0. The van der Waals surface area contributed by atoms with Gasteiger partial charge in [-0.1, -0.05) is 23.7 Å². The zero-order valence-electron chi connectivity index (χ0n) is 10.3. The molecule has 0 N–H and O–H groups in total. The Morgan fingerprint density at radius 1 is 0.938 bits per heavy atom. The van der Waals surface area contributed by atoms with Crippen LogP contribution in [-0.4, -0.2) is 17.7 Å². The molecule has 0 amide bonds. The number of alkyl halides is 1. The molecule has 0 bridgehead atoms. The highest BCUT2D eigenvalue weighted by Gasteiger charge is 2.36. The lowest BCUT2D eigenvalue weighted by Crippen LogP contribution is -2.45. The van der Waals surface area contributed by atoms with Crippen molar-refractivity contribution in [2.45, 2.75) is 45.4 Å². The number of benzene rings is 1. The van der Waals surface area contributed by atoms with Gasteiger partial charge in [-0.2, -0.15) is 0 Å². The first-order valence-electron chi connectivity index (χ1n) is 5.83. The average Bonchev–Trinajstić information content (AvgIpc) is 2.49. The molecule has 1 aromatic rings. The fourth-order valence-electron chi connectivity index (χ4n) is 2.31. The van der Waals surface area contributed by atoms with E-state index in [-0.39, 0.29) is 5.62 Å². The Labute approximate surface area is 103 Å². The van der Waals surface area contributed by atoms with Crippen molar-refractivity contribution in [2.75, 3.05) is 9.80 Å². The quantitative estimate of drug-likeness (QED) is 0.573. The van der Waals surface area contributed by atoms with Crippen molar-refractivity contribution < 1.29 is 0 Å². The summed E-state index contributed by atoms with van der Waals surface area (Å²) in [5.74, 6) is 0. The first-order chi connectivity index (χ1) is 7.54. The van der Waals surface area contributed by atoms with Crippen LogP contribution in [0.15, 0.2) is 24.3 Å². The van der Waals surface area contributed by atoms with E-state index in [9.17, 15) is 0 Å². The molecule has 1 heterocycles. The van der Waals surface area contributed by atoms with Gasteiger partial charge in [-0.05, 0) is 39.8 Å². The predicted molar refractivity (Wildman–Crippen MR) is 71.3 cm³/mol. The summed E-state index contributed by atoms with van der Waals surface area (Å²) in [7, 11) is 0. The summed E-state index contributed by atoms with van der Waals surface area (Å²) in [6.45, 7) is 8.71. The molecule has 0 aliphatic carbocycles. The lowest BCUT2D eigenvalue weighted by molar-refractivity contribution is 0.606. The van der Waals surface area contributed by atoms with Gasteiger partial charge in [0.15, 0.2) is 5.62 Å². The van der Waals surface area contributed by atoms with Crippen LogP contribution >= 0.6 is 11.6 Å². The topological polar surface area (TPSA) is 6.48 Å². The summed E-state index contributed by atoms with van der Waals surface area (Å²) >= 11 is 6.55. The van der Waals surface area contributed by atoms with E-state index >= 15 is 0 Å². The van der Waals surface area contributed by atoms with Crippen LogP contribution in [0.3, 0.4) is 0 Å². The van der Waals surface area contributed by atoms with Crippen LogP contribution in [0.25, 0.3) is 0 Å². The van der Waals surface area contributed by atoms with E-state index < -0.39 is 0 Å². The molecular weight excluding hydrogens is 220 g/mol. The number of rotatable bonds is 2. The summed E-state index contributed by atoms with van der Waals surface area (Å²) in [6.07, 6.45) is 0. The predicted octanol–water partition coefficient (Wildman–Crippen LogP) is 3.65. The molecule has 0 fully saturated rings. The molecule has 88 valence electrons. The van der Waals surface area contributed by atoms with Crippen molar-refractivity contribution >= 4 is 23.0 Å². The molecule has 1 aliphatic heterocycles. The van der Waals surface area contributed by atoms with Gasteiger partial charge < -0.3 is 9.80 Å². The van der Waals surface area contributed by atoms with E-state index in [1.165, 1.54) is 11.4 Å². The standard InChI is InChI=1S/C13H19ClN2/c1-9(2)15-11-7-5-6-8-12(11)16(10(3)4)13(15)14/h5-10,13H,1-4H3. The summed E-state index contributed by atoms with van der Waals surface area (Å²) < 4.78 is 0. The Morgan fingerprint density at radius 2 is 1.31 bits per heavy atom. The number of anilines is 2. The van der Waals surface area contributed by atoms with Crippen LogP contribution in [0.4, 0.5) is 11.4 Å². The van der Waals surface area contributed by atoms with E-state index in [0.29, 0.717) is 12.1 Å². The van der Waals surface area contributed by atoms with Crippen LogP contribution in [0.5, 0.6) is 0 Å². The Morgan fingerprint density at radius 3 is 1.62 bits per heavy atom. The smallest absolute Gasteiger partial charge is 0.180 e. The Hall–Kier alpha value is -0.890. The Balaban J connectivity index is 2.48. The molecule has 0 atom stereocenters. The minimum absolute atomic E-state index is 0.0719.